The number of alkyl halides is 3. The molecule has 0 aliphatic carbocycles. The SMILES string of the molecule is COc1cc(C(C=NC2C(=O)N(CC(F)(F)F)CCc3ccccc32)=NN)ccc1-n1cnc(C)c1. The Hall–Kier alpha value is -4.15. The van der Waals surface area contributed by atoms with Crippen LogP contribution in [0.25, 0.3) is 5.69 Å². The first-order valence-electron chi connectivity index (χ1n) is 11.1. The van der Waals surface area contributed by atoms with E-state index in [0.717, 1.165) is 21.8 Å². The number of amides is 1. The van der Waals surface area contributed by atoms with Gasteiger partial charge in [0.15, 0.2) is 6.04 Å². The number of hydrogen-bond acceptors (Lipinski definition) is 6. The fourth-order valence-electron chi connectivity index (χ4n) is 4.15. The van der Waals surface area contributed by atoms with Crippen molar-refractivity contribution >= 4 is 17.8 Å². The number of aryl methyl sites for hydroxylation is 1. The van der Waals surface area contributed by atoms with E-state index in [1.54, 1.807) is 48.8 Å². The Morgan fingerprint density at radius 3 is 2.72 bits per heavy atom. The fraction of sp³-hybridized carbons (Fsp3) is 0.280. The van der Waals surface area contributed by atoms with E-state index in [1.807, 2.05) is 17.7 Å². The molecule has 3 aromatic rings. The summed E-state index contributed by atoms with van der Waals surface area (Å²) in [5.41, 5.74) is 3.70. The molecular formula is C25H25F3N6O2. The van der Waals surface area contributed by atoms with Crippen molar-refractivity contribution in [3.05, 3.63) is 77.4 Å². The zero-order chi connectivity index (χ0) is 25.9. The van der Waals surface area contributed by atoms with Crippen LogP contribution < -0.4 is 10.6 Å². The average Bonchev–Trinajstić information content (AvgIpc) is 3.24. The first kappa shape index (κ1) is 25.0. The number of carbonyl (C=O) groups is 1. The first-order valence-corrected chi connectivity index (χ1v) is 11.1. The molecule has 0 radical (unpaired) electrons. The number of methoxy groups -OCH3 is 1. The monoisotopic (exact) mass is 498 g/mol. The summed E-state index contributed by atoms with van der Waals surface area (Å²) in [6.07, 6.45) is 0.601. The van der Waals surface area contributed by atoms with Gasteiger partial charge < -0.3 is 20.0 Å². The Morgan fingerprint density at radius 2 is 2.06 bits per heavy atom. The van der Waals surface area contributed by atoms with Crippen molar-refractivity contribution in [2.24, 2.45) is 15.9 Å². The minimum absolute atomic E-state index is 0.0500. The van der Waals surface area contributed by atoms with Crippen molar-refractivity contribution in [2.45, 2.75) is 25.6 Å². The molecule has 36 heavy (non-hydrogen) atoms. The summed E-state index contributed by atoms with van der Waals surface area (Å²) in [7, 11) is 1.52. The number of rotatable bonds is 6. The predicted octanol–water partition coefficient (Wildman–Crippen LogP) is 3.61. The number of benzene rings is 2. The molecule has 4 rings (SSSR count). The molecule has 1 aliphatic rings. The average molecular weight is 499 g/mol. The molecule has 0 spiro atoms. The van der Waals surface area contributed by atoms with Gasteiger partial charge in [0.2, 0.25) is 0 Å². The van der Waals surface area contributed by atoms with Crippen LogP contribution in [0.4, 0.5) is 13.2 Å². The van der Waals surface area contributed by atoms with Crippen LogP contribution in [0.1, 0.15) is 28.4 Å². The van der Waals surface area contributed by atoms with Crippen LogP contribution in [0.5, 0.6) is 5.75 Å². The second-order valence-corrected chi connectivity index (χ2v) is 8.33. The fourth-order valence-corrected chi connectivity index (χ4v) is 4.15. The third kappa shape index (κ3) is 5.40. The van der Waals surface area contributed by atoms with Crippen molar-refractivity contribution < 1.29 is 22.7 Å². The molecule has 2 aromatic carbocycles. The van der Waals surface area contributed by atoms with E-state index in [9.17, 15) is 18.0 Å². The molecule has 1 unspecified atom stereocenters. The van der Waals surface area contributed by atoms with E-state index in [2.05, 4.69) is 15.1 Å². The number of halogens is 3. The van der Waals surface area contributed by atoms with Gasteiger partial charge in [-0.05, 0) is 36.6 Å². The molecule has 2 N–H and O–H groups in total. The van der Waals surface area contributed by atoms with Crippen LogP contribution in [-0.2, 0) is 11.2 Å². The van der Waals surface area contributed by atoms with Crippen molar-refractivity contribution in [1.82, 2.24) is 14.5 Å². The highest BCUT2D eigenvalue weighted by Crippen LogP contribution is 2.30. The van der Waals surface area contributed by atoms with Gasteiger partial charge in [0, 0.05) is 18.3 Å². The number of nitrogens with zero attached hydrogens (tertiary/aromatic N) is 5. The van der Waals surface area contributed by atoms with E-state index < -0.39 is 24.7 Å². The lowest BCUT2D eigenvalue weighted by molar-refractivity contribution is -0.161. The van der Waals surface area contributed by atoms with Gasteiger partial charge in [0.1, 0.15) is 18.0 Å². The smallest absolute Gasteiger partial charge is 0.406 e. The maximum atomic E-state index is 13.1. The van der Waals surface area contributed by atoms with E-state index in [0.29, 0.717) is 23.3 Å². The molecule has 8 nitrogen and oxygen atoms in total. The molecule has 1 atom stereocenters. The molecule has 0 saturated carbocycles. The van der Waals surface area contributed by atoms with Gasteiger partial charge in [-0.25, -0.2) is 4.98 Å². The Labute approximate surface area is 205 Å². The normalized spacial score (nSPS) is 16.8. The Kier molecular flexibility index (Phi) is 7.09. The largest absolute Gasteiger partial charge is 0.495 e. The number of carbonyl (C=O) groups excluding carboxylic acids is 1. The van der Waals surface area contributed by atoms with Crippen molar-refractivity contribution in [3.63, 3.8) is 0 Å². The molecule has 1 aromatic heterocycles. The van der Waals surface area contributed by atoms with E-state index >= 15 is 0 Å². The number of aromatic nitrogens is 2. The van der Waals surface area contributed by atoms with Crippen molar-refractivity contribution in [1.29, 1.82) is 0 Å². The predicted molar refractivity (Wildman–Crippen MR) is 130 cm³/mol. The van der Waals surface area contributed by atoms with E-state index in [-0.39, 0.29) is 12.3 Å². The van der Waals surface area contributed by atoms with Gasteiger partial charge in [-0.2, -0.15) is 18.3 Å². The van der Waals surface area contributed by atoms with Crippen LogP contribution in [0.15, 0.2) is 65.1 Å². The van der Waals surface area contributed by atoms with Gasteiger partial charge in [0.25, 0.3) is 5.91 Å². The summed E-state index contributed by atoms with van der Waals surface area (Å²) < 4.78 is 46.7. The molecule has 1 amide bonds. The quantitative estimate of drug-likeness (QED) is 0.319. The Morgan fingerprint density at radius 1 is 1.28 bits per heavy atom. The van der Waals surface area contributed by atoms with Crippen LogP contribution in [0.2, 0.25) is 0 Å². The standard InChI is InChI=1S/C25H25F3N6O2/c1-16-13-34(15-31-16)21-8-7-18(11-22(21)36-2)20(32-29)12-30-23-19-6-4-3-5-17(19)9-10-33(24(23)35)14-25(26,27)28/h3-8,11-13,15,23H,9-10,14,29H2,1-2H3. The molecule has 0 fully saturated rings. The number of hydrogen-bond donors (Lipinski definition) is 1. The summed E-state index contributed by atoms with van der Waals surface area (Å²) in [5, 5.41) is 3.80. The van der Waals surface area contributed by atoms with Crippen LogP contribution in [0, 0.1) is 6.92 Å². The third-order valence-corrected chi connectivity index (χ3v) is 5.87. The minimum atomic E-state index is -4.52. The lowest BCUT2D eigenvalue weighted by Crippen LogP contribution is -2.41. The maximum Gasteiger partial charge on any atom is 0.406 e. The zero-order valence-electron chi connectivity index (χ0n) is 19.7. The lowest BCUT2D eigenvalue weighted by atomic mass is 9.99. The summed E-state index contributed by atoms with van der Waals surface area (Å²) in [6.45, 7) is 0.484. The van der Waals surface area contributed by atoms with Gasteiger partial charge >= 0.3 is 6.18 Å². The topological polar surface area (TPSA) is 98.1 Å². The first-order chi connectivity index (χ1) is 17.2. The van der Waals surface area contributed by atoms with Gasteiger partial charge in [-0.1, -0.05) is 30.3 Å². The Balaban J connectivity index is 1.67. The second kappa shape index (κ2) is 10.2. The van der Waals surface area contributed by atoms with Crippen molar-refractivity contribution in [2.75, 3.05) is 20.2 Å². The maximum absolute atomic E-state index is 13.1. The second-order valence-electron chi connectivity index (χ2n) is 8.33. The summed E-state index contributed by atoms with van der Waals surface area (Å²) in [5.74, 6) is 5.42. The number of fused-ring (bicyclic) bond motifs is 1. The zero-order valence-corrected chi connectivity index (χ0v) is 19.7. The molecule has 1 aliphatic heterocycles. The summed E-state index contributed by atoms with van der Waals surface area (Å²) in [6, 6.07) is 11.1. The molecular weight excluding hydrogens is 473 g/mol. The van der Waals surface area contributed by atoms with Gasteiger partial charge in [-0.15, -0.1) is 0 Å². The molecule has 11 heteroatoms. The number of imidazole rings is 1. The Bertz CT molecular complexity index is 1320. The van der Waals surface area contributed by atoms with E-state index in [4.69, 9.17) is 10.6 Å². The van der Waals surface area contributed by atoms with Gasteiger partial charge in [-0.3, -0.25) is 9.79 Å². The van der Waals surface area contributed by atoms with Crippen molar-refractivity contribution in [3.8, 4) is 11.4 Å². The highest BCUT2D eigenvalue weighted by molar-refractivity contribution is 6.38. The van der Waals surface area contributed by atoms with Gasteiger partial charge in [0.05, 0.1) is 31.0 Å². The number of aliphatic imine (C=N–C) groups is 1. The molecule has 0 bridgehead atoms. The minimum Gasteiger partial charge on any atom is -0.495 e. The summed E-state index contributed by atoms with van der Waals surface area (Å²) >= 11 is 0. The molecule has 188 valence electrons. The molecule has 2 heterocycles. The number of ether oxygens (including phenoxy) is 1. The van der Waals surface area contributed by atoms with Crippen LogP contribution in [0.3, 0.4) is 0 Å². The third-order valence-electron chi connectivity index (χ3n) is 5.87. The summed E-state index contributed by atoms with van der Waals surface area (Å²) in [4.78, 5) is 22.5. The molecule has 0 saturated heterocycles. The van der Waals surface area contributed by atoms with E-state index in [1.165, 1.54) is 13.3 Å². The lowest BCUT2D eigenvalue weighted by Gasteiger charge is -2.24. The number of hydrazone groups is 1. The highest BCUT2D eigenvalue weighted by Gasteiger charge is 2.37. The number of nitrogens with two attached hydrogens (primary N) is 1. The van der Waals surface area contributed by atoms with Crippen LogP contribution >= 0.6 is 0 Å². The van der Waals surface area contributed by atoms with Crippen LogP contribution in [-0.4, -0.2) is 58.7 Å². The highest BCUT2D eigenvalue weighted by atomic mass is 19.4.